The van der Waals surface area contributed by atoms with Gasteiger partial charge < -0.3 is 14.6 Å². The third kappa shape index (κ3) is 2.60. The van der Waals surface area contributed by atoms with Crippen LogP contribution in [-0.2, 0) is 9.47 Å². The highest BCUT2D eigenvalue weighted by Gasteiger charge is 2.29. The highest BCUT2D eigenvalue weighted by molar-refractivity contribution is 6.21. The van der Waals surface area contributed by atoms with Crippen LogP contribution in [0.3, 0.4) is 0 Å². The second-order valence-corrected chi connectivity index (χ2v) is 3.67. The number of rotatable bonds is 0. The Morgan fingerprint density at radius 2 is 1.91 bits per heavy atom. The number of hydrogen-bond acceptors (Lipinski definition) is 3. The lowest BCUT2D eigenvalue weighted by molar-refractivity contribution is -0.203. The van der Waals surface area contributed by atoms with Crippen molar-refractivity contribution in [1.29, 1.82) is 0 Å². The van der Waals surface area contributed by atoms with Crippen LogP contribution < -0.4 is 0 Å². The quantitative estimate of drug-likeness (QED) is 0.559. The zero-order valence-corrected chi connectivity index (χ0v) is 7.47. The average molecular weight is 181 g/mol. The first-order valence-electron chi connectivity index (χ1n) is 3.61. The molecular weight excluding hydrogens is 168 g/mol. The van der Waals surface area contributed by atoms with Gasteiger partial charge in [-0.05, 0) is 13.8 Å². The van der Waals surface area contributed by atoms with E-state index in [4.69, 9.17) is 21.1 Å². The molecule has 1 rings (SSSR count). The van der Waals surface area contributed by atoms with Crippen molar-refractivity contribution in [2.75, 3.05) is 13.2 Å². The largest absolute Gasteiger partial charge is 0.389 e. The fourth-order valence-electron chi connectivity index (χ4n) is 0.824. The van der Waals surface area contributed by atoms with E-state index in [1.54, 1.807) is 13.8 Å². The molecule has 1 aliphatic rings. The van der Waals surface area contributed by atoms with E-state index < -0.39 is 11.9 Å². The van der Waals surface area contributed by atoms with Crippen molar-refractivity contribution in [2.45, 2.75) is 31.1 Å². The molecule has 11 heavy (non-hydrogen) atoms. The van der Waals surface area contributed by atoms with Crippen LogP contribution in [0.5, 0.6) is 0 Å². The molecule has 3 nitrogen and oxygen atoms in total. The normalized spacial score (nSPS) is 38.2. The minimum Gasteiger partial charge on any atom is -0.389 e. The van der Waals surface area contributed by atoms with Crippen LogP contribution in [0.2, 0.25) is 0 Å². The predicted octanol–water partition coefficient (Wildman–Crippen LogP) is 0.738. The molecule has 0 aromatic rings. The monoisotopic (exact) mass is 180 g/mol. The van der Waals surface area contributed by atoms with Gasteiger partial charge in [-0.3, -0.25) is 0 Å². The lowest BCUT2D eigenvalue weighted by atomic mass is 10.3. The summed E-state index contributed by atoms with van der Waals surface area (Å²) in [4.78, 5) is 0. The van der Waals surface area contributed by atoms with Crippen LogP contribution in [-0.4, -0.2) is 35.6 Å². The Bertz CT molecular complexity index is 124. The maximum absolute atomic E-state index is 9.25. The summed E-state index contributed by atoms with van der Waals surface area (Å²) < 4.78 is 10.5. The summed E-state index contributed by atoms with van der Waals surface area (Å²) >= 11 is 5.74. The highest BCUT2D eigenvalue weighted by Crippen LogP contribution is 2.19. The first-order chi connectivity index (χ1) is 5.01. The van der Waals surface area contributed by atoms with E-state index in [0.717, 1.165) is 0 Å². The lowest BCUT2D eigenvalue weighted by Crippen LogP contribution is -2.27. The fraction of sp³-hybridized carbons (Fsp3) is 1.00. The summed E-state index contributed by atoms with van der Waals surface area (Å²) in [6, 6.07) is 0. The average Bonchev–Trinajstić information content (AvgIpc) is 2.03. The number of aliphatic hydroxyl groups excluding tert-OH is 1. The molecule has 66 valence electrons. The Morgan fingerprint density at radius 3 is 2.55 bits per heavy atom. The molecule has 0 amide bonds. The van der Waals surface area contributed by atoms with Crippen LogP contribution in [0.4, 0.5) is 0 Å². The molecule has 1 fully saturated rings. The summed E-state index contributed by atoms with van der Waals surface area (Å²) in [5.74, 6) is -0.620. The van der Waals surface area contributed by atoms with Crippen LogP contribution in [0.25, 0.3) is 0 Å². The van der Waals surface area contributed by atoms with Crippen molar-refractivity contribution < 1.29 is 14.6 Å². The second kappa shape index (κ2) is 3.27. The van der Waals surface area contributed by atoms with Crippen LogP contribution in [0.15, 0.2) is 0 Å². The highest BCUT2D eigenvalue weighted by atomic mass is 35.5. The number of hydrogen-bond donors (Lipinski definition) is 1. The zero-order valence-electron chi connectivity index (χ0n) is 6.71. The molecule has 1 N–H and O–H groups in total. The molecule has 1 saturated heterocycles. The van der Waals surface area contributed by atoms with Crippen LogP contribution >= 0.6 is 11.6 Å². The van der Waals surface area contributed by atoms with E-state index in [-0.39, 0.29) is 12.0 Å². The molecule has 0 radical (unpaired) electrons. The van der Waals surface area contributed by atoms with Crippen molar-refractivity contribution in [3.63, 3.8) is 0 Å². The summed E-state index contributed by atoms with van der Waals surface area (Å²) in [7, 11) is 0. The Balaban J connectivity index is 2.51. The standard InChI is InChI=1S/C7H13ClO3/c1-7(2)10-3-5(8)6(9)4-11-7/h5-6,9H,3-4H2,1-2H3. The van der Waals surface area contributed by atoms with Crippen molar-refractivity contribution in [3.8, 4) is 0 Å². The van der Waals surface area contributed by atoms with Gasteiger partial charge in [-0.25, -0.2) is 0 Å². The summed E-state index contributed by atoms with van der Waals surface area (Å²) in [6.45, 7) is 4.17. The van der Waals surface area contributed by atoms with E-state index >= 15 is 0 Å². The number of aliphatic hydroxyl groups is 1. The second-order valence-electron chi connectivity index (χ2n) is 3.11. The number of alkyl halides is 1. The van der Waals surface area contributed by atoms with Gasteiger partial charge in [0.15, 0.2) is 5.79 Å². The van der Waals surface area contributed by atoms with Gasteiger partial charge in [-0.2, -0.15) is 0 Å². The van der Waals surface area contributed by atoms with Gasteiger partial charge in [-0.1, -0.05) is 0 Å². The van der Waals surface area contributed by atoms with Crippen LogP contribution in [0.1, 0.15) is 13.8 Å². The molecular formula is C7H13ClO3. The number of halogens is 1. The molecule has 0 bridgehead atoms. The Morgan fingerprint density at radius 1 is 1.36 bits per heavy atom. The van der Waals surface area contributed by atoms with E-state index in [2.05, 4.69) is 0 Å². The van der Waals surface area contributed by atoms with E-state index in [1.807, 2.05) is 0 Å². The maximum Gasteiger partial charge on any atom is 0.162 e. The lowest BCUT2D eigenvalue weighted by Gasteiger charge is -2.22. The molecule has 0 aromatic carbocycles. The van der Waals surface area contributed by atoms with E-state index in [0.29, 0.717) is 6.61 Å². The van der Waals surface area contributed by atoms with Gasteiger partial charge in [0.05, 0.1) is 24.7 Å². The van der Waals surface area contributed by atoms with Crippen molar-refractivity contribution in [1.82, 2.24) is 0 Å². The third-order valence-electron chi connectivity index (χ3n) is 1.61. The van der Waals surface area contributed by atoms with Crippen LogP contribution in [0, 0.1) is 0 Å². The first-order valence-corrected chi connectivity index (χ1v) is 4.05. The van der Waals surface area contributed by atoms with Gasteiger partial charge in [0, 0.05) is 0 Å². The minimum atomic E-state index is -0.626. The van der Waals surface area contributed by atoms with Gasteiger partial charge in [0.25, 0.3) is 0 Å². The number of ether oxygens (including phenoxy) is 2. The topological polar surface area (TPSA) is 38.7 Å². The SMILES string of the molecule is CC1(C)OCC(O)C(Cl)CO1. The Hall–Kier alpha value is 0.170. The summed E-state index contributed by atoms with van der Waals surface area (Å²) in [5, 5.41) is 8.89. The van der Waals surface area contributed by atoms with Crippen molar-refractivity contribution >= 4 is 11.6 Å². The smallest absolute Gasteiger partial charge is 0.162 e. The fourth-order valence-corrected chi connectivity index (χ4v) is 0.959. The molecule has 0 aromatic heterocycles. The predicted molar refractivity (Wildman–Crippen MR) is 41.6 cm³/mol. The molecule has 0 saturated carbocycles. The van der Waals surface area contributed by atoms with E-state index in [9.17, 15) is 5.11 Å². The van der Waals surface area contributed by atoms with Gasteiger partial charge >= 0.3 is 0 Å². The molecule has 4 heteroatoms. The van der Waals surface area contributed by atoms with Gasteiger partial charge in [0.2, 0.25) is 0 Å². The Kier molecular flexibility index (Phi) is 2.75. The summed E-state index contributed by atoms with van der Waals surface area (Å²) in [6.07, 6.45) is -0.626. The molecule has 0 aliphatic carbocycles. The molecule has 1 heterocycles. The van der Waals surface area contributed by atoms with Gasteiger partial charge in [0.1, 0.15) is 0 Å². The van der Waals surface area contributed by atoms with Crippen molar-refractivity contribution in [2.24, 2.45) is 0 Å². The summed E-state index contributed by atoms with van der Waals surface area (Å²) in [5.41, 5.74) is 0. The molecule has 2 unspecified atom stereocenters. The van der Waals surface area contributed by atoms with Crippen molar-refractivity contribution in [3.05, 3.63) is 0 Å². The molecule has 1 aliphatic heterocycles. The molecule has 0 spiro atoms. The zero-order chi connectivity index (χ0) is 8.48. The third-order valence-corrected chi connectivity index (χ3v) is 2.03. The maximum atomic E-state index is 9.25. The minimum absolute atomic E-state index is 0.237. The van der Waals surface area contributed by atoms with E-state index in [1.165, 1.54) is 0 Å². The molecule has 2 atom stereocenters. The Labute approximate surface area is 71.2 Å². The van der Waals surface area contributed by atoms with Gasteiger partial charge in [-0.15, -0.1) is 11.6 Å². The first kappa shape index (κ1) is 9.26.